The predicted octanol–water partition coefficient (Wildman–Crippen LogP) is 1.49. The van der Waals surface area contributed by atoms with Gasteiger partial charge in [0.1, 0.15) is 6.04 Å². The monoisotopic (exact) mass is 394 g/mol. The number of carbonyl (C=O) groups excluding carboxylic acids is 2. The lowest BCUT2D eigenvalue weighted by molar-refractivity contribution is -0.127. The maximum Gasteiger partial charge on any atom is 0.277 e. The zero-order chi connectivity index (χ0) is 19.8. The molecule has 1 atom stereocenters. The molecule has 0 aliphatic carbocycles. The summed E-state index contributed by atoms with van der Waals surface area (Å²) in [5.41, 5.74) is 0.668. The first-order chi connectivity index (χ1) is 13.0. The summed E-state index contributed by atoms with van der Waals surface area (Å²) in [7, 11) is 3.09. The van der Waals surface area contributed by atoms with Gasteiger partial charge in [-0.1, -0.05) is 11.8 Å². The summed E-state index contributed by atoms with van der Waals surface area (Å²) in [6.07, 6.45) is 0. The number of aromatic nitrogens is 2. The average molecular weight is 394 g/mol. The normalized spacial score (nSPS) is 11.6. The maximum absolute atomic E-state index is 11.9. The van der Waals surface area contributed by atoms with E-state index in [1.165, 1.54) is 7.11 Å². The van der Waals surface area contributed by atoms with Crippen LogP contribution in [0.2, 0.25) is 0 Å². The van der Waals surface area contributed by atoms with Crippen LogP contribution < -0.4 is 20.1 Å². The largest absolute Gasteiger partial charge is 0.493 e. The molecule has 0 bridgehead atoms. The van der Waals surface area contributed by atoms with Gasteiger partial charge in [0.25, 0.3) is 5.22 Å². The summed E-state index contributed by atoms with van der Waals surface area (Å²) in [5.74, 6) is 0.954. The lowest BCUT2D eigenvalue weighted by atomic mass is 10.2. The van der Waals surface area contributed by atoms with Gasteiger partial charge in [-0.15, -0.1) is 10.2 Å². The molecule has 0 saturated heterocycles. The van der Waals surface area contributed by atoms with Gasteiger partial charge in [-0.05, 0) is 32.0 Å². The number of hydrogen-bond acceptors (Lipinski definition) is 8. The minimum Gasteiger partial charge on any atom is -0.493 e. The van der Waals surface area contributed by atoms with E-state index >= 15 is 0 Å². The van der Waals surface area contributed by atoms with E-state index in [2.05, 4.69) is 20.8 Å². The van der Waals surface area contributed by atoms with Crippen LogP contribution >= 0.6 is 11.8 Å². The maximum atomic E-state index is 11.9. The van der Waals surface area contributed by atoms with Crippen molar-refractivity contribution in [2.75, 3.05) is 26.5 Å². The van der Waals surface area contributed by atoms with Crippen LogP contribution in [0.15, 0.2) is 27.8 Å². The molecule has 2 amide bonds. The summed E-state index contributed by atoms with van der Waals surface area (Å²) >= 11 is 1.09. The van der Waals surface area contributed by atoms with Crippen molar-refractivity contribution in [3.8, 4) is 23.0 Å². The lowest BCUT2D eigenvalue weighted by Crippen LogP contribution is -2.45. The van der Waals surface area contributed by atoms with Crippen LogP contribution in [0.3, 0.4) is 0 Å². The van der Waals surface area contributed by atoms with Crippen LogP contribution in [-0.2, 0) is 9.59 Å². The van der Waals surface area contributed by atoms with Gasteiger partial charge in [0.15, 0.2) is 11.5 Å². The third-order valence-electron chi connectivity index (χ3n) is 3.49. The number of nitrogens with one attached hydrogen (secondary N) is 2. The van der Waals surface area contributed by atoms with E-state index in [9.17, 15) is 9.59 Å². The molecule has 9 nitrogen and oxygen atoms in total. The molecule has 27 heavy (non-hydrogen) atoms. The van der Waals surface area contributed by atoms with Crippen molar-refractivity contribution in [3.05, 3.63) is 18.2 Å². The van der Waals surface area contributed by atoms with Crippen molar-refractivity contribution in [1.82, 2.24) is 20.8 Å². The van der Waals surface area contributed by atoms with Gasteiger partial charge >= 0.3 is 0 Å². The minimum absolute atomic E-state index is 0.0529. The number of thioether (sulfide) groups is 1. The van der Waals surface area contributed by atoms with Gasteiger partial charge in [-0.25, -0.2) is 0 Å². The predicted molar refractivity (Wildman–Crippen MR) is 99.9 cm³/mol. The number of methoxy groups -OCH3 is 2. The number of hydrogen-bond donors (Lipinski definition) is 2. The second-order valence-electron chi connectivity index (χ2n) is 5.42. The number of rotatable bonds is 9. The molecule has 10 heteroatoms. The molecule has 0 unspecified atom stereocenters. The lowest BCUT2D eigenvalue weighted by Gasteiger charge is -2.12. The van der Waals surface area contributed by atoms with Crippen molar-refractivity contribution >= 4 is 23.6 Å². The number of ether oxygens (including phenoxy) is 2. The highest BCUT2D eigenvalue weighted by Crippen LogP contribution is 2.32. The Labute approximate surface area is 161 Å². The first-order valence-electron chi connectivity index (χ1n) is 8.24. The molecule has 2 aromatic rings. The molecular formula is C17H22N4O5S. The molecule has 2 N–H and O–H groups in total. The van der Waals surface area contributed by atoms with Gasteiger partial charge in [0, 0.05) is 12.1 Å². The van der Waals surface area contributed by atoms with E-state index in [0.29, 0.717) is 29.5 Å². The second kappa shape index (κ2) is 9.81. The van der Waals surface area contributed by atoms with Crippen LogP contribution in [0.4, 0.5) is 0 Å². The SMILES string of the molecule is CCNC(=O)[C@H](C)NC(=O)CSc1nnc(-c2ccc(OC)c(OC)c2)o1. The van der Waals surface area contributed by atoms with E-state index in [4.69, 9.17) is 13.9 Å². The first-order valence-corrected chi connectivity index (χ1v) is 9.22. The molecule has 0 radical (unpaired) electrons. The summed E-state index contributed by atoms with van der Waals surface area (Å²) in [6.45, 7) is 3.94. The number of nitrogens with zero attached hydrogens (tertiary/aromatic N) is 2. The molecule has 0 spiro atoms. The van der Waals surface area contributed by atoms with Crippen molar-refractivity contribution < 1.29 is 23.5 Å². The first kappa shape index (κ1) is 20.6. The van der Waals surface area contributed by atoms with Gasteiger partial charge in [0.05, 0.1) is 20.0 Å². The number of likely N-dealkylation sites (N-methyl/N-ethyl adjacent to an activating group) is 1. The fourth-order valence-corrected chi connectivity index (χ4v) is 2.73. The van der Waals surface area contributed by atoms with E-state index in [1.807, 2.05) is 6.92 Å². The third kappa shape index (κ3) is 5.61. The Morgan fingerprint density at radius 2 is 1.96 bits per heavy atom. The molecule has 1 heterocycles. The Hall–Kier alpha value is -2.75. The van der Waals surface area contributed by atoms with Crippen LogP contribution in [0, 0.1) is 0 Å². The van der Waals surface area contributed by atoms with Crippen LogP contribution in [-0.4, -0.2) is 54.6 Å². The molecule has 0 fully saturated rings. The minimum atomic E-state index is -0.608. The van der Waals surface area contributed by atoms with Crippen molar-refractivity contribution in [1.29, 1.82) is 0 Å². The molecule has 0 saturated carbocycles. The van der Waals surface area contributed by atoms with Crippen molar-refractivity contribution in [2.24, 2.45) is 0 Å². The summed E-state index contributed by atoms with van der Waals surface area (Å²) in [6, 6.07) is 4.62. The van der Waals surface area contributed by atoms with Crippen LogP contribution in [0.1, 0.15) is 13.8 Å². The summed E-state index contributed by atoms with van der Waals surface area (Å²) in [5, 5.41) is 13.4. The number of amides is 2. The quantitative estimate of drug-likeness (QED) is 0.615. The molecule has 2 rings (SSSR count). The van der Waals surface area contributed by atoms with Crippen LogP contribution in [0.5, 0.6) is 11.5 Å². The third-order valence-corrected chi connectivity index (χ3v) is 4.30. The fraction of sp³-hybridized carbons (Fsp3) is 0.412. The molecule has 0 aliphatic rings. The summed E-state index contributed by atoms with van der Waals surface area (Å²) < 4.78 is 16.0. The average Bonchev–Trinajstić information content (AvgIpc) is 3.15. The van der Waals surface area contributed by atoms with Gasteiger partial charge in [-0.2, -0.15) is 0 Å². The van der Waals surface area contributed by atoms with Crippen molar-refractivity contribution in [2.45, 2.75) is 25.1 Å². The molecule has 0 aliphatic heterocycles. The zero-order valence-electron chi connectivity index (χ0n) is 15.6. The molecule has 1 aromatic heterocycles. The molecule has 1 aromatic carbocycles. The Balaban J connectivity index is 1.94. The number of carbonyl (C=O) groups is 2. The van der Waals surface area contributed by atoms with E-state index in [1.54, 1.807) is 32.2 Å². The topological polar surface area (TPSA) is 116 Å². The zero-order valence-corrected chi connectivity index (χ0v) is 16.4. The highest BCUT2D eigenvalue weighted by atomic mass is 32.2. The molecular weight excluding hydrogens is 372 g/mol. The highest BCUT2D eigenvalue weighted by Gasteiger charge is 2.17. The highest BCUT2D eigenvalue weighted by molar-refractivity contribution is 7.99. The summed E-state index contributed by atoms with van der Waals surface area (Å²) in [4.78, 5) is 23.6. The fourth-order valence-electron chi connectivity index (χ4n) is 2.16. The van der Waals surface area contributed by atoms with Gasteiger partial charge in [0.2, 0.25) is 17.7 Å². The Bertz CT molecular complexity index is 795. The Morgan fingerprint density at radius 1 is 1.22 bits per heavy atom. The smallest absolute Gasteiger partial charge is 0.277 e. The Kier molecular flexibility index (Phi) is 7.47. The van der Waals surface area contributed by atoms with E-state index < -0.39 is 6.04 Å². The standard InChI is InChI=1S/C17H22N4O5S/c1-5-18-15(23)10(2)19-14(22)9-27-17-21-20-16(26-17)11-6-7-12(24-3)13(8-11)25-4/h6-8,10H,5,9H2,1-4H3,(H,18,23)(H,19,22)/t10-/m0/s1. The Morgan fingerprint density at radius 3 is 2.63 bits per heavy atom. The van der Waals surface area contributed by atoms with Crippen LogP contribution in [0.25, 0.3) is 11.5 Å². The van der Waals surface area contributed by atoms with E-state index in [-0.39, 0.29) is 22.8 Å². The second-order valence-corrected chi connectivity index (χ2v) is 6.34. The molecule has 146 valence electrons. The van der Waals surface area contributed by atoms with Gasteiger partial charge in [-0.3, -0.25) is 9.59 Å². The number of benzene rings is 1. The van der Waals surface area contributed by atoms with E-state index in [0.717, 1.165) is 11.8 Å². The van der Waals surface area contributed by atoms with Crippen molar-refractivity contribution in [3.63, 3.8) is 0 Å². The van der Waals surface area contributed by atoms with Gasteiger partial charge < -0.3 is 24.5 Å².